The molecule has 27 heavy (non-hydrogen) atoms. The van der Waals surface area contributed by atoms with Crippen molar-refractivity contribution in [3.8, 4) is 11.1 Å². The summed E-state index contributed by atoms with van der Waals surface area (Å²) in [5.74, 6) is 0.453. The highest BCUT2D eigenvalue weighted by Gasteiger charge is 2.36. The van der Waals surface area contributed by atoms with Gasteiger partial charge in [0, 0.05) is 11.1 Å². The van der Waals surface area contributed by atoms with E-state index in [0.29, 0.717) is 5.56 Å². The van der Waals surface area contributed by atoms with Crippen molar-refractivity contribution < 1.29 is 8.42 Å². The largest absolute Gasteiger partial charge is 0.382 e. The van der Waals surface area contributed by atoms with E-state index >= 15 is 0 Å². The predicted octanol–water partition coefficient (Wildman–Crippen LogP) is 3.72. The molecule has 1 aromatic heterocycles. The monoisotopic (exact) mass is 382 g/mol. The van der Waals surface area contributed by atoms with Crippen molar-refractivity contribution in [3.05, 3.63) is 67.0 Å². The van der Waals surface area contributed by atoms with Crippen LogP contribution in [0.1, 0.15) is 20.8 Å². The number of nitrogen functional groups attached to an aromatic ring is 1. The molecule has 6 nitrogen and oxygen atoms in total. The van der Waals surface area contributed by atoms with Gasteiger partial charge in [-0.05, 0) is 32.4 Å². The Morgan fingerprint density at radius 3 is 2.11 bits per heavy atom. The lowest BCUT2D eigenvalue weighted by Crippen LogP contribution is -2.46. The third-order valence-electron chi connectivity index (χ3n) is 3.97. The van der Waals surface area contributed by atoms with Crippen molar-refractivity contribution in [2.75, 3.05) is 10.0 Å². The lowest BCUT2D eigenvalue weighted by molar-refractivity contribution is 0.532. The Labute approximate surface area is 159 Å². The van der Waals surface area contributed by atoms with Crippen LogP contribution in [0, 0.1) is 0 Å². The van der Waals surface area contributed by atoms with E-state index in [1.165, 1.54) is 16.7 Å². The minimum Gasteiger partial charge on any atom is -0.382 e. The van der Waals surface area contributed by atoms with Gasteiger partial charge in [0.05, 0.1) is 17.3 Å². The highest BCUT2D eigenvalue weighted by atomic mass is 32.2. The molecule has 3 rings (SSSR count). The molecular formula is C20H22N4O2S. The average molecular weight is 382 g/mol. The second kappa shape index (κ2) is 7.00. The van der Waals surface area contributed by atoms with E-state index in [2.05, 4.69) is 9.97 Å². The molecule has 0 radical (unpaired) electrons. The number of rotatable bonds is 4. The molecule has 3 aromatic rings. The molecule has 0 aliphatic carbocycles. The van der Waals surface area contributed by atoms with E-state index in [4.69, 9.17) is 5.73 Å². The topological polar surface area (TPSA) is 89.2 Å². The molecule has 1 heterocycles. The molecule has 0 aliphatic heterocycles. The summed E-state index contributed by atoms with van der Waals surface area (Å²) in [5, 5.41) is 0. The zero-order valence-corrected chi connectivity index (χ0v) is 16.3. The van der Waals surface area contributed by atoms with E-state index < -0.39 is 15.6 Å². The van der Waals surface area contributed by atoms with Crippen LogP contribution >= 0.6 is 0 Å². The zero-order valence-electron chi connectivity index (χ0n) is 15.5. The van der Waals surface area contributed by atoms with Crippen LogP contribution in [-0.4, -0.2) is 23.9 Å². The number of nitrogens with zero attached hydrogens (tertiary/aromatic N) is 3. The highest BCUT2D eigenvalue weighted by Crippen LogP contribution is 2.34. The summed E-state index contributed by atoms with van der Waals surface area (Å²) in [6, 6.07) is 16.4. The summed E-state index contributed by atoms with van der Waals surface area (Å²) >= 11 is 0. The van der Waals surface area contributed by atoms with Crippen molar-refractivity contribution in [2.24, 2.45) is 0 Å². The Bertz CT molecular complexity index is 1030. The second-order valence-corrected chi connectivity index (χ2v) is 8.86. The first-order valence-electron chi connectivity index (χ1n) is 8.48. The Morgan fingerprint density at radius 1 is 0.889 bits per heavy atom. The fraction of sp³-hybridized carbons (Fsp3) is 0.200. The summed E-state index contributed by atoms with van der Waals surface area (Å²) in [6.07, 6.45) is 2.73. The van der Waals surface area contributed by atoms with Gasteiger partial charge in [0.1, 0.15) is 5.82 Å². The van der Waals surface area contributed by atoms with Crippen LogP contribution in [0.4, 0.5) is 11.6 Å². The van der Waals surface area contributed by atoms with Gasteiger partial charge >= 0.3 is 0 Å². The van der Waals surface area contributed by atoms with E-state index in [1.807, 2.05) is 57.2 Å². The smallest absolute Gasteiger partial charge is 0.266 e. The maximum absolute atomic E-state index is 13.7. The normalized spacial score (nSPS) is 12.0. The third-order valence-corrected chi connectivity index (χ3v) is 6.09. The van der Waals surface area contributed by atoms with E-state index in [-0.39, 0.29) is 16.5 Å². The summed E-state index contributed by atoms with van der Waals surface area (Å²) in [7, 11) is -3.91. The quantitative estimate of drug-likeness (QED) is 0.743. The van der Waals surface area contributed by atoms with Crippen LogP contribution in [-0.2, 0) is 10.0 Å². The van der Waals surface area contributed by atoms with Crippen molar-refractivity contribution in [2.45, 2.75) is 31.2 Å². The van der Waals surface area contributed by atoms with Crippen LogP contribution < -0.4 is 10.0 Å². The number of aromatic nitrogens is 2. The molecule has 7 heteroatoms. The van der Waals surface area contributed by atoms with E-state index in [9.17, 15) is 8.42 Å². The maximum atomic E-state index is 13.7. The van der Waals surface area contributed by atoms with Gasteiger partial charge in [-0.2, -0.15) is 0 Å². The number of sulfonamides is 1. The molecular weight excluding hydrogens is 360 g/mol. The molecule has 0 unspecified atom stereocenters. The van der Waals surface area contributed by atoms with Gasteiger partial charge in [-0.1, -0.05) is 48.5 Å². The van der Waals surface area contributed by atoms with Gasteiger partial charge in [0.2, 0.25) is 0 Å². The van der Waals surface area contributed by atoms with Crippen LogP contribution in [0.5, 0.6) is 0 Å². The maximum Gasteiger partial charge on any atom is 0.266 e. The fourth-order valence-electron chi connectivity index (χ4n) is 2.91. The first-order valence-corrected chi connectivity index (χ1v) is 9.92. The molecule has 0 bridgehead atoms. The van der Waals surface area contributed by atoms with Gasteiger partial charge in [-0.3, -0.25) is 0 Å². The molecule has 0 fully saturated rings. The van der Waals surface area contributed by atoms with Crippen LogP contribution in [0.25, 0.3) is 11.1 Å². The molecule has 0 saturated carbocycles. The molecule has 0 amide bonds. The first kappa shape index (κ1) is 18.8. The van der Waals surface area contributed by atoms with Gasteiger partial charge < -0.3 is 5.73 Å². The summed E-state index contributed by atoms with van der Waals surface area (Å²) in [6.45, 7) is 5.44. The van der Waals surface area contributed by atoms with Crippen molar-refractivity contribution in [1.29, 1.82) is 0 Å². The fourth-order valence-corrected chi connectivity index (χ4v) is 4.88. The van der Waals surface area contributed by atoms with Crippen LogP contribution in [0.3, 0.4) is 0 Å². The Kier molecular flexibility index (Phi) is 4.89. The van der Waals surface area contributed by atoms with Gasteiger partial charge in [-0.25, -0.2) is 22.7 Å². The van der Waals surface area contributed by atoms with Crippen molar-refractivity contribution >= 4 is 21.7 Å². The van der Waals surface area contributed by atoms with Crippen molar-refractivity contribution in [1.82, 2.24) is 9.97 Å². The number of hydrogen-bond acceptors (Lipinski definition) is 5. The number of anilines is 2. The SMILES string of the molecule is CC(C)(C)N(c1cnc(N)cn1)S(=O)(=O)c1ccccc1-c1ccccc1. The summed E-state index contributed by atoms with van der Waals surface area (Å²) in [5.41, 5.74) is 6.32. The van der Waals surface area contributed by atoms with Crippen LogP contribution in [0.2, 0.25) is 0 Å². The second-order valence-electron chi connectivity index (χ2n) is 7.10. The molecule has 0 saturated heterocycles. The van der Waals surface area contributed by atoms with Crippen LogP contribution in [0.15, 0.2) is 71.9 Å². The minimum atomic E-state index is -3.91. The number of benzene rings is 2. The molecule has 0 atom stereocenters. The molecule has 2 N–H and O–H groups in total. The van der Waals surface area contributed by atoms with Crippen molar-refractivity contribution in [3.63, 3.8) is 0 Å². The average Bonchev–Trinajstić information content (AvgIpc) is 2.63. The standard InChI is InChI=1S/C20H22N4O2S/c1-20(2,3)24(19-14-22-18(21)13-23-19)27(25,26)17-12-8-7-11-16(17)15-9-5-4-6-10-15/h4-14H,1-3H3,(H2,21,22). The first-order chi connectivity index (χ1) is 12.7. The summed E-state index contributed by atoms with van der Waals surface area (Å²) < 4.78 is 28.7. The number of hydrogen-bond donors (Lipinski definition) is 1. The van der Waals surface area contributed by atoms with E-state index in [1.54, 1.807) is 18.2 Å². The summed E-state index contributed by atoms with van der Waals surface area (Å²) in [4.78, 5) is 8.42. The van der Waals surface area contributed by atoms with Gasteiger partial charge in [0.15, 0.2) is 5.82 Å². The van der Waals surface area contributed by atoms with Gasteiger partial charge in [0.25, 0.3) is 10.0 Å². The Hall–Kier alpha value is -2.93. The lowest BCUT2D eigenvalue weighted by Gasteiger charge is -2.35. The highest BCUT2D eigenvalue weighted by molar-refractivity contribution is 7.93. The lowest BCUT2D eigenvalue weighted by atomic mass is 10.1. The Balaban J connectivity index is 2.21. The molecule has 140 valence electrons. The number of nitrogens with two attached hydrogens (primary N) is 1. The third kappa shape index (κ3) is 3.78. The Morgan fingerprint density at radius 2 is 1.52 bits per heavy atom. The molecule has 0 aliphatic rings. The van der Waals surface area contributed by atoms with Gasteiger partial charge in [-0.15, -0.1) is 0 Å². The minimum absolute atomic E-state index is 0.213. The molecule has 2 aromatic carbocycles. The zero-order chi connectivity index (χ0) is 19.7. The predicted molar refractivity (Wildman–Crippen MR) is 108 cm³/mol. The molecule has 0 spiro atoms. The van der Waals surface area contributed by atoms with E-state index in [0.717, 1.165) is 5.56 Å².